The van der Waals surface area contributed by atoms with Crippen LogP contribution >= 0.6 is 0 Å². The first-order chi connectivity index (χ1) is 16.4. The molecule has 34 heavy (non-hydrogen) atoms. The Morgan fingerprint density at radius 3 is 2.65 bits per heavy atom. The van der Waals surface area contributed by atoms with Gasteiger partial charge in [-0.1, -0.05) is 69.7 Å². The molecular weight excluding hydrogens is 422 g/mol. The van der Waals surface area contributed by atoms with E-state index >= 15 is 0 Å². The maximum absolute atomic E-state index is 13.1. The highest BCUT2D eigenvalue weighted by molar-refractivity contribution is 5.81. The Hall–Kier alpha value is -2.66. The van der Waals surface area contributed by atoms with Crippen LogP contribution in [-0.4, -0.2) is 33.2 Å². The highest BCUT2D eigenvalue weighted by atomic mass is 16.3. The van der Waals surface area contributed by atoms with E-state index in [4.69, 9.17) is 4.98 Å². The van der Waals surface area contributed by atoms with Crippen molar-refractivity contribution in [2.75, 3.05) is 6.54 Å². The molecule has 1 amide bonds. The number of hydrogen-bond acceptors (Lipinski definition) is 3. The molecule has 182 valence electrons. The summed E-state index contributed by atoms with van der Waals surface area (Å²) < 4.78 is 2.04. The maximum Gasteiger partial charge on any atom is 0.240 e. The molecule has 1 fully saturated rings. The second-order valence-corrected chi connectivity index (χ2v) is 10.6. The van der Waals surface area contributed by atoms with E-state index in [-0.39, 0.29) is 29.9 Å². The summed E-state index contributed by atoms with van der Waals surface area (Å²) in [6.45, 7) is 7.55. The minimum Gasteiger partial charge on any atom is -0.393 e. The summed E-state index contributed by atoms with van der Waals surface area (Å²) in [6.07, 6.45) is 5.20. The van der Waals surface area contributed by atoms with E-state index in [1.807, 2.05) is 34.9 Å². The molecule has 1 aliphatic rings. The molecule has 1 aliphatic carbocycles. The molecule has 0 unspecified atom stereocenters. The maximum atomic E-state index is 13.1. The number of carbonyl (C=O) groups is 1. The molecule has 1 heterocycles. The number of hydrogen-bond donors (Lipinski definition) is 2. The van der Waals surface area contributed by atoms with Crippen molar-refractivity contribution in [3.63, 3.8) is 0 Å². The smallest absolute Gasteiger partial charge is 0.240 e. The topological polar surface area (TPSA) is 67.2 Å². The standard InChI is InChI=1S/C29H39N3O2/c1-4-27-31-25-12-8-9-13-26(25)32(27)19-28(34)30-20-29(3)15-14-21(2)16-24(33)17-23(18-29)22-10-6-5-7-11-22/h5-13,21,23-24,33H,4,14-20H2,1-3H3,(H,30,34)/t21-,23-,24+,29+/m1/s1. The Labute approximate surface area is 203 Å². The zero-order valence-corrected chi connectivity index (χ0v) is 20.8. The summed E-state index contributed by atoms with van der Waals surface area (Å²) >= 11 is 0. The monoisotopic (exact) mass is 461 g/mol. The molecule has 5 nitrogen and oxygen atoms in total. The summed E-state index contributed by atoms with van der Waals surface area (Å²) in [7, 11) is 0. The molecule has 2 aromatic carbocycles. The molecule has 3 aromatic rings. The second kappa shape index (κ2) is 10.7. The number of fused-ring (bicyclic) bond motifs is 1. The number of aliphatic hydroxyl groups is 1. The zero-order valence-electron chi connectivity index (χ0n) is 20.8. The van der Waals surface area contributed by atoms with E-state index in [9.17, 15) is 9.90 Å². The summed E-state index contributed by atoms with van der Waals surface area (Å²) in [5.74, 6) is 1.73. The quantitative estimate of drug-likeness (QED) is 0.512. The first-order valence-electron chi connectivity index (χ1n) is 12.8. The molecule has 0 aliphatic heterocycles. The van der Waals surface area contributed by atoms with Gasteiger partial charge in [0, 0.05) is 13.0 Å². The van der Waals surface area contributed by atoms with E-state index in [0.29, 0.717) is 12.5 Å². The Morgan fingerprint density at radius 2 is 1.88 bits per heavy atom. The van der Waals surface area contributed by atoms with Crippen LogP contribution in [0, 0.1) is 11.3 Å². The van der Waals surface area contributed by atoms with Crippen molar-refractivity contribution in [1.29, 1.82) is 0 Å². The number of para-hydroxylation sites is 2. The number of rotatable bonds is 6. The molecule has 0 bridgehead atoms. The van der Waals surface area contributed by atoms with Crippen molar-refractivity contribution in [3.05, 3.63) is 66.0 Å². The molecule has 1 saturated carbocycles. The average Bonchev–Trinajstić information content (AvgIpc) is 3.20. The lowest BCUT2D eigenvalue weighted by Crippen LogP contribution is -2.38. The van der Waals surface area contributed by atoms with Gasteiger partial charge in [0.15, 0.2) is 0 Å². The highest BCUT2D eigenvalue weighted by Crippen LogP contribution is 2.41. The number of aryl methyl sites for hydroxylation is 1. The van der Waals surface area contributed by atoms with Crippen molar-refractivity contribution in [2.45, 2.75) is 77.9 Å². The van der Waals surface area contributed by atoms with Crippen LogP contribution in [0.15, 0.2) is 54.6 Å². The molecule has 0 radical (unpaired) electrons. The first kappa shape index (κ1) is 24.5. The summed E-state index contributed by atoms with van der Waals surface area (Å²) in [6, 6.07) is 18.6. The van der Waals surface area contributed by atoms with Crippen molar-refractivity contribution in [2.24, 2.45) is 11.3 Å². The van der Waals surface area contributed by atoms with Gasteiger partial charge in [0.2, 0.25) is 5.91 Å². The highest BCUT2D eigenvalue weighted by Gasteiger charge is 2.33. The van der Waals surface area contributed by atoms with Crippen LogP contribution in [0.2, 0.25) is 0 Å². The molecule has 5 heteroatoms. The molecule has 4 atom stereocenters. The lowest BCUT2D eigenvalue weighted by Gasteiger charge is -2.34. The predicted octanol–water partition coefficient (Wildman–Crippen LogP) is 5.47. The largest absolute Gasteiger partial charge is 0.393 e. The van der Waals surface area contributed by atoms with Gasteiger partial charge >= 0.3 is 0 Å². The van der Waals surface area contributed by atoms with Gasteiger partial charge in [-0.15, -0.1) is 0 Å². The number of imidazole rings is 1. The van der Waals surface area contributed by atoms with E-state index < -0.39 is 0 Å². The van der Waals surface area contributed by atoms with Gasteiger partial charge < -0.3 is 15.0 Å². The number of carbonyl (C=O) groups excluding carboxylic acids is 1. The molecule has 4 rings (SSSR count). The molecule has 2 N–H and O–H groups in total. The third kappa shape index (κ3) is 5.87. The normalized spacial score (nSPS) is 25.9. The molecule has 0 spiro atoms. The minimum atomic E-state index is -0.279. The lowest BCUT2D eigenvalue weighted by molar-refractivity contribution is -0.122. The van der Waals surface area contributed by atoms with Crippen molar-refractivity contribution < 1.29 is 9.90 Å². The van der Waals surface area contributed by atoms with E-state index in [1.54, 1.807) is 0 Å². The van der Waals surface area contributed by atoms with Gasteiger partial charge in [0.1, 0.15) is 12.4 Å². The number of nitrogens with zero attached hydrogens (tertiary/aromatic N) is 2. The fourth-order valence-electron chi connectivity index (χ4n) is 5.60. The third-order valence-electron chi connectivity index (χ3n) is 7.55. The van der Waals surface area contributed by atoms with Gasteiger partial charge in [0.05, 0.1) is 17.1 Å². The van der Waals surface area contributed by atoms with Crippen LogP contribution in [-0.2, 0) is 17.8 Å². The summed E-state index contributed by atoms with van der Waals surface area (Å²) in [5, 5.41) is 14.0. The van der Waals surface area contributed by atoms with Crippen molar-refractivity contribution >= 4 is 16.9 Å². The van der Waals surface area contributed by atoms with Crippen LogP contribution in [0.5, 0.6) is 0 Å². The van der Waals surface area contributed by atoms with E-state index in [0.717, 1.165) is 55.4 Å². The summed E-state index contributed by atoms with van der Waals surface area (Å²) in [5.41, 5.74) is 3.20. The number of aliphatic hydroxyl groups excluding tert-OH is 1. The van der Waals surface area contributed by atoms with Gasteiger partial charge in [-0.25, -0.2) is 4.98 Å². The first-order valence-corrected chi connectivity index (χ1v) is 12.8. The Kier molecular flexibility index (Phi) is 7.72. The molecule has 1 aromatic heterocycles. The van der Waals surface area contributed by atoms with Crippen LogP contribution in [0.1, 0.15) is 70.2 Å². The van der Waals surface area contributed by atoms with E-state index in [2.05, 4.69) is 50.4 Å². The van der Waals surface area contributed by atoms with Crippen molar-refractivity contribution in [3.8, 4) is 0 Å². The zero-order chi connectivity index (χ0) is 24.1. The predicted molar refractivity (Wildman–Crippen MR) is 138 cm³/mol. The Balaban J connectivity index is 1.49. The third-order valence-corrected chi connectivity index (χ3v) is 7.55. The van der Waals surface area contributed by atoms with Crippen LogP contribution in [0.3, 0.4) is 0 Å². The number of aromatic nitrogens is 2. The second-order valence-electron chi connectivity index (χ2n) is 10.6. The number of benzene rings is 2. The van der Waals surface area contributed by atoms with Crippen LogP contribution in [0.4, 0.5) is 0 Å². The van der Waals surface area contributed by atoms with Crippen LogP contribution in [0.25, 0.3) is 11.0 Å². The molecular formula is C29H39N3O2. The van der Waals surface area contributed by atoms with E-state index in [1.165, 1.54) is 5.56 Å². The lowest BCUT2D eigenvalue weighted by atomic mass is 9.74. The summed E-state index contributed by atoms with van der Waals surface area (Å²) in [4.78, 5) is 17.8. The van der Waals surface area contributed by atoms with Crippen LogP contribution < -0.4 is 5.32 Å². The number of amides is 1. The average molecular weight is 462 g/mol. The van der Waals surface area contributed by atoms with Crippen molar-refractivity contribution in [1.82, 2.24) is 14.9 Å². The Bertz CT molecular complexity index is 1090. The fraction of sp³-hybridized carbons (Fsp3) is 0.517. The fourth-order valence-corrected chi connectivity index (χ4v) is 5.60. The number of nitrogens with one attached hydrogen (secondary N) is 1. The van der Waals surface area contributed by atoms with Gasteiger partial charge in [-0.2, -0.15) is 0 Å². The van der Waals surface area contributed by atoms with Gasteiger partial charge in [-0.3, -0.25) is 4.79 Å². The SMILES string of the molecule is CCc1nc2ccccc2n1CC(=O)NC[C@@]1(C)CC[C@@H](C)C[C@H](O)C[C@@H](c2ccccc2)C1. The molecule has 0 saturated heterocycles. The minimum absolute atomic E-state index is 0.0287. The Morgan fingerprint density at radius 1 is 1.15 bits per heavy atom. The van der Waals surface area contributed by atoms with Gasteiger partial charge in [-0.05, 0) is 60.6 Å². The van der Waals surface area contributed by atoms with Gasteiger partial charge in [0.25, 0.3) is 0 Å².